The van der Waals surface area contributed by atoms with E-state index in [1.807, 2.05) is 0 Å². The van der Waals surface area contributed by atoms with Crippen LogP contribution in [-0.4, -0.2) is 65.3 Å². The van der Waals surface area contributed by atoms with Crippen LogP contribution in [0.5, 0.6) is 0 Å². The lowest BCUT2D eigenvalue weighted by atomic mass is 10.1. The van der Waals surface area contributed by atoms with Gasteiger partial charge in [0.25, 0.3) is 10.2 Å². The van der Waals surface area contributed by atoms with Crippen molar-refractivity contribution >= 4 is 27.9 Å². The number of carboxylic acids is 1. The molecule has 0 bridgehead atoms. The zero-order valence-corrected chi connectivity index (χ0v) is 11.8. The first-order valence-corrected chi connectivity index (χ1v) is 8.66. The highest BCUT2D eigenvalue weighted by atomic mass is 32.2. The van der Waals surface area contributed by atoms with Crippen molar-refractivity contribution in [3.63, 3.8) is 0 Å². The molecule has 1 atom stereocenters. The van der Waals surface area contributed by atoms with Gasteiger partial charge in [-0.2, -0.15) is 28.8 Å². The summed E-state index contributed by atoms with van der Waals surface area (Å²) in [6, 6.07) is -0.890. The van der Waals surface area contributed by atoms with Gasteiger partial charge in [0.2, 0.25) is 0 Å². The van der Waals surface area contributed by atoms with Gasteiger partial charge in [0.15, 0.2) is 0 Å². The van der Waals surface area contributed by atoms with Crippen molar-refractivity contribution in [1.82, 2.24) is 8.61 Å². The van der Waals surface area contributed by atoms with Crippen molar-refractivity contribution < 1.29 is 18.3 Å². The first-order chi connectivity index (χ1) is 8.53. The lowest BCUT2D eigenvalue weighted by molar-refractivity contribution is -0.142. The quantitative estimate of drug-likeness (QED) is 0.805. The lowest BCUT2D eigenvalue weighted by Crippen LogP contribution is -2.54. The molecule has 1 unspecified atom stereocenters. The molecule has 0 aliphatic carbocycles. The van der Waals surface area contributed by atoms with E-state index in [4.69, 9.17) is 5.11 Å². The second-order valence-electron chi connectivity index (χ2n) is 4.48. The van der Waals surface area contributed by atoms with Gasteiger partial charge in [-0.25, -0.2) is 0 Å². The summed E-state index contributed by atoms with van der Waals surface area (Å²) in [5.74, 6) is 0.528. The second kappa shape index (κ2) is 5.77. The van der Waals surface area contributed by atoms with E-state index in [-0.39, 0.29) is 0 Å². The molecule has 0 spiro atoms. The molecule has 8 heteroatoms. The summed E-state index contributed by atoms with van der Waals surface area (Å²) in [6.45, 7) is 1.29. The highest BCUT2D eigenvalue weighted by Gasteiger charge is 2.40. The first kappa shape index (κ1) is 14.1. The molecule has 0 aromatic carbocycles. The molecule has 2 aliphatic rings. The number of hydrogen-bond acceptors (Lipinski definition) is 4. The number of carboxylic acid groups (broad SMARTS) is 1. The second-order valence-corrected chi connectivity index (χ2v) is 7.59. The van der Waals surface area contributed by atoms with Crippen molar-refractivity contribution in [1.29, 1.82) is 0 Å². The van der Waals surface area contributed by atoms with Crippen LogP contribution in [0.25, 0.3) is 0 Å². The molecule has 0 aromatic rings. The summed E-state index contributed by atoms with van der Waals surface area (Å²) in [5.41, 5.74) is 0. The van der Waals surface area contributed by atoms with Gasteiger partial charge in [0, 0.05) is 31.1 Å². The van der Waals surface area contributed by atoms with Gasteiger partial charge in [0.05, 0.1) is 0 Å². The Morgan fingerprint density at radius 1 is 1.17 bits per heavy atom. The molecule has 104 valence electrons. The van der Waals surface area contributed by atoms with Gasteiger partial charge in [-0.05, 0) is 19.3 Å². The van der Waals surface area contributed by atoms with E-state index in [0.29, 0.717) is 26.1 Å². The molecule has 2 heterocycles. The molecular weight excluding hydrogens is 276 g/mol. The first-order valence-electron chi connectivity index (χ1n) is 6.11. The number of carbonyl (C=O) groups is 1. The topological polar surface area (TPSA) is 77.9 Å². The third-order valence-corrected chi connectivity index (χ3v) is 6.32. The summed E-state index contributed by atoms with van der Waals surface area (Å²) in [7, 11) is -3.61. The van der Waals surface area contributed by atoms with E-state index in [2.05, 4.69) is 0 Å². The molecule has 2 rings (SSSR count). The SMILES string of the molecule is O=C(O)C1CCCCN1S(=O)(=O)N1CCSCC1. The molecule has 6 nitrogen and oxygen atoms in total. The fourth-order valence-electron chi connectivity index (χ4n) is 2.35. The Labute approximate surface area is 112 Å². The number of nitrogens with zero attached hydrogens (tertiary/aromatic N) is 2. The van der Waals surface area contributed by atoms with Gasteiger partial charge < -0.3 is 5.11 Å². The van der Waals surface area contributed by atoms with Crippen molar-refractivity contribution in [3.8, 4) is 0 Å². The Hall–Kier alpha value is -0.310. The number of hydrogen-bond donors (Lipinski definition) is 1. The van der Waals surface area contributed by atoms with Gasteiger partial charge in [-0.1, -0.05) is 0 Å². The molecule has 0 aromatic heterocycles. The van der Waals surface area contributed by atoms with E-state index >= 15 is 0 Å². The normalized spacial score (nSPS) is 28.1. The molecule has 0 saturated carbocycles. The molecular formula is C10H18N2O4S2. The van der Waals surface area contributed by atoms with Crippen LogP contribution in [0, 0.1) is 0 Å². The number of thioether (sulfide) groups is 1. The predicted octanol–water partition coefficient (Wildman–Crippen LogP) is 0.219. The van der Waals surface area contributed by atoms with Crippen LogP contribution in [0.4, 0.5) is 0 Å². The highest BCUT2D eigenvalue weighted by molar-refractivity contribution is 7.99. The van der Waals surface area contributed by atoms with E-state index in [1.165, 1.54) is 8.61 Å². The molecule has 2 fully saturated rings. The Kier molecular flexibility index (Phi) is 4.52. The fourth-order valence-corrected chi connectivity index (χ4v) is 5.31. The molecule has 2 aliphatic heterocycles. The Morgan fingerprint density at radius 3 is 2.44 bits per heavy atom. The molecule has 0 amide bonds. The van der Waals surface area contributed by atoms with Crippen molar-refractivity contribution in [2.24, 2.45) is 0 Å². The predicted molar refractivity (Wildman–Crippen MR) is 69.8 cm³/mol. The largest absolute Gasteiger partial charge is 0.480 e. The van der Waals surface area contributed by atoms with Gasteiger partial charge in [-0.15, -0.1) is 0 Å². The summed E-state index contributed by atoms with van der Waals surface area (Å²) in [5, 5.41) is 9.14. The van der Waals surface area contributed by atoms with Crippen molar-refractivity contribution in [2.45, 2.75) is 25.3 Å². The summed E-state index contributed by atoms with van der Waals surface area (Å²) < 4.78 is 27.5. The van der Waals surface area contributed by atoms with E-state index in [1.54, 1.807) is 11.8 Å². The maximum atomic E-state index is 12.4. The minimum atomic E-state index is -3.61. The van der Waals surface area contributed by atoms with E-state index in [0.717, 1.165) is 24.3 Å². The van der Waals surface area contributed by atoms with Crippen molar-refractivity contribution in [3.05, 3.63) is 0 Å². The monoisotopic (exact) mass is 294 g/mol. The Bertz CT molecular complexity index is 406. The zero-order chi connectivity index (χ0) is 13.2. The van der Waals surface area contributed by atoms with Crippen molar-refractivity contribution in [2.75, 3.05) is 31.1 Å². The average molecular weight is 294 g/mol. The van der Waals surface area contributed by atoms with Crippen LogP contribution in [0.3, 0.4) is 0 Å². The van der Waals surface area contributed by atoms with E-state index in [9.17, 15) is 13.2 Å². The van der Waals surface area contributed by atoms with E-state index < -0.39 is 22.2 Å². The van der Waals surface area contributed by atoms with Crippen LogP contribution in [0.15, 0.2) is 0 Å². The number of aliphatic carboxylic acids is 1. The Morgan fingerprint density at radius 2 is 1.83 bits per heavy atom. The van der Waals surface area contributed by atoms with Crippen LogP contribution >= 0.6 is 11.8 Å². The van der Waals surface area contributed by atoms with Crippen LogP contribution in [-0.2, 0) is 15.0 Å². The molecule has 1 N–H and O–H groups in total. The van der Waals surface area contributed by atoms with Gasteiger partial charge in [-0.3, -0.25) is 4.79 Å². The van der Waals surface area contributed by atoms with Crippen LogP contribution in [0.1, 0.15) is 19.3 Å². The average Bonchev–Trinajstić information content (AvgIpc) is 2.39. The maximum absolute atomic E-state index is 12.4. The highest BCUT2D eigenvalue weighted by Crippen LogP contribution is 2.24. The van der Waals surface area contributed by atoms with Gasteiger partial charge in [0.1, 0.15) is 6.04 Å². The smallest absolute Gasteiger partial charge is 0.322 e. The van der Waals surface area contributed by atoms with Gasteiger partial charge >= 0.3 is 5.97 Å². The summed E-state index contributed by atoms with van der Waals surface area (Å²) >= 11 is 1.73. The zero-order valence-electron chi connectivity index (χ0n) is 10.1. The summed E-state index contributed by atoms with van der Waals surface area (Å²) in [6.07, 6.45) is 1.93. The minimum absolute atomic E-state index is 0.322. The lowest BCUT2D eigenvalue weighted by Gasteiger charge is -2.37. The third kappa shape index (κ3) is 2.81. The molecule has 18 heavy (non-hydrogen) atoms. The molecule has 0 radical (unpaired) electrons. The minimum Gasteiger partial charge on any atom is -0.480 e. The summed E-state index contributed by atoms with van der Waals surface area (Å²) in [4.78, 5) is 11.2. The Balaban J connectivity index is 2.18. The molecule has 2 saturated heterocycles. The standard InChI is InChI=1S/C10H18N2O4S2/c13-10(14)9-3-1-2-4-12(9)18(15,16)11-5-7-17-8-6-11/h9H,1-8H2,(H,13,14). The number of rotatable bonds is 3. The van der Waals surface area contributed by atoms with Crippen LogP contribution in [0.2, 0.25) is 0 Å². The maximum Gasteiger partial charge on any atom is 0.322 e. The van der Waals surface area contributed by atoms with Crippen LogP contribution < -0.4 is 0 Å². The number of piperidine rings is 1. The fraction of sp³-hybridized carbons (Fsp3) is 0.900. The third-order valence-electron chi connectivity index (χ3n) is 3.33.